The first kappa shape index (κ1) is 20.5. The fourth-order valence-electron chi connectivity index (χ4n) is 3.01. The Balaban J connectivity index is 1.47. The number of amides is 3. The second-order valence-corrected chi connectivity index (χ2v) is 7.29. The summed E-state index contributed by atoms with van der Waals surface area (Å²) in [4.78, 5) is 36.7. The SMILES string of the molecule is CC(OC(=O)c1oc2ccccc2c1COc1ccccc1)C(=O)NC(=O)NC1CC1. The van der Waals surface area contributed by atoms with E-state index in [0.717, 1.165) is 12.8 Å². The average Bonchev–Trinajstić information content (AvgIpc) is 3.50. The van der Waals surface area contributed by atoms with Gasteiger partial charge in [-0.05, 0) is 38.0 Å². The molecule has 31 heavy (non-hydrogen) atoms. The second-order valence-electron chi connectivity index (χ2n) is 7.29. The predicted molar refractivity (Wildman–Crippen MR) is 112 cm³/mol. The van der Waals surface area contributed by atoms with Crippen LogP contribution in [0.3, 0.4) is 0 Å². The van der Waals surface area contributed by atoms with Gasteiger partial charge in [0.15, 0.2) is 6.10 Å². The summed E-state index contributed by atoms with van der Waals surface area (Å²) in [5, 5.41) is 5.53. The molecule has 160 valence electrons. The number of fused-ring (bicyclic) bond motifs is 1. The maximum atomic E-state index is 12.8. The van der Waals surface area contributed by atoms with Gasteiger partial charge in [0.1, 0.15) is 17.9 Å². The maximum absolute atomic E-state index is 12.8. The monoisotopic (exact) mass is 422 g/mol. The minimum Gasteiger partial charge on any atom is -0.489 e. The van der Waals surface area contributed by atoms with Gasteiger partial charge in [-0.1, -0.05) is 36.4 Å². The molecule has 1 unspecified atom stereocenters. The molecule has 1 fully saturated rings. The van der Waals surface area contributed by atoms with Crippen LogP contribution < -0.4 is 15.4 Å². The van der Waals surface area contributed by atoms with Crippen LogP contribution in [0.2, 0.25) is 0 Å². The van der Waals surface area contributed by atoms with Crippen molar-refractivity contribution >= 4 is 28.9 Å². The van der Waals surface area contributed by atoms with Gasteiger partial charge in [0.2, 0.25) is 5.76 Å². The molecule has 2 aromatic carbocycles. The standard InChI is InChI=1S/C23H22N2O6/c1-14(21(26)25-23(28)24-15-11-12-15)30-22(27)20-18(13-29-16-7-3-2-4-8-16)17-9-5-6-10-19(17)31-20/h2-10,14-15H,11-13H2,1H3,(H2,24,25,26,28). The molecule has 8 heteroatoms. The summed E-state index contributed by atoms with van der Waals surface area (Å²) < 4.78 is 16.8. The zero-order valence-corrected chi connectivity index (χ0v) is 16.9. The van der Waals surface area contributed by atoms with Crippen LogP contribution in [0.15, 0.2) is 59.0 Å². The van der Waals surface area contributed by atoms with Gasteiger partial charge in [0.25, 0.3) is 5.91 Å². The van der Waals surface area contributed by atoms with E-state index in [0.29, 0.717) is 22.3 Å². The van der Waals surface area contributed by atoms with E-state index in [2.05, 4.69) is 10.6 Å². The number of nitrogens with one attached hydrogen (secondary N) is 2. The molecule has 1 aromatic heterocycles. The average molecular weight is 422 g/mol. The van der Waals surface area contributed by atoms with Crippen molar-refractivity contribution in [2.75, 3.05) is 0 Å². The molecule has 3 aromatic rings. The lowest BCUT2D eigenvalue weighted by molar-refractivity contribution is -0.128. The summed E-state index contributed by atoms with van der Waals surface area (Å²) >= 11 is 0. The molecular weight excluding hydrogens is 400 g/mol. The number of hydrogen-bond donors (Lipinski definition) is 2. The van der Waals surface area contributed by atoms with E-state index >= 15 is 0 Å². The number of furan rings is 1. The van der Waals surface area contributed by atoms with Crippen molar-refractivity contribution in [1.29, 1.82) is 0 Å². The Labute approximate surface area is 178 Å². The molecule has 0 aliphatic heterocycles. The van der Waals surface area contributed by atoms with E-state index in [4.69, 9.17) is 13.9 Å². The Hall–Kier alpha value is -3.81. The first-order valence-electron chi connectivity index (χ1n) is 10.0. The Kier molecular flexibility index (Phi) is 5.88. The number of rotatable bonds is 7. The maximum Gasteiger partial charge on any atom is 0.375 e. The molecule has 8 nitrogen and oxygen atoms in total. The second kappa shape index (κ2) is 8.91. The van der Waals surface area contributed by atoms with Crippen molar-refractivity contribution in [3.05, 3.63) is 65.9 Å². The van der Waals surface area contributed by atoms with Gasteiger partial charge in [0, 0.05) is 11.4 Å². The highest BCUT2D eigenvalue weighted by molar-refractivity contribution is 6.00. The van der Waals surface area contributed by atoms with Gasteiger partial charge in [-0.25, -0.2) is 9.59 Å². The van der Waals surface area contributed by atoms with E-state index < -0.39 is 24.0 Å². The van der Waals surface area contributed by atoms with Crippen molar-refractivity contribution < 1.29 is 28.3 Å². The van der Waals surface area contributed by atoms with Crippen LogP contribution >= 0.6 is 0 Å². The van der Waals surface area contributed by atoms with E-state index in [1.165, 1.54) is 6.92 Å². The number of urea groups is 1. The first-order chi connectivity index (χ1) is 15.0. The number of carbonyl (C=O) groups is 3. The molecule has 1 aliphatic carbocycles. The van der Waals surface area contributed by atoms with Gasteiger partial charge < -0.3 is 19.2 Å². The number of esters is 1. The molecule has 1 atom stereocenters. The summed E-state index contributed by atoms with van der Waals surface area (Å²) in [5.74, 6) is -0.932. The highest BCUT2D eigenvalue weighted by Gasteiger charge is 2.28. The summed E-state index contributed by atoms with van der Waals surface area (Å²) in [7, 11) is 0. The zero-order chi connectivity index (χ0) is 21.8. The molecule has 1 saturated carbocycles. The fraction of sp³-hybridized carbons (Fsp3) is 0.261. The highest BCUT2D eigenvalue weighted by atomic mass is 16.6. The molecule has 3 amide bonds. The van der Waals surface area contributed by atoms with E-state index in [1.54, 1.807) is 24.3 Å². The molecule has 4 rings (SSSR count). The minimum atomic E-state index is -1.19. The number of para-hydroxylation sites is 2. The van der Waals surface area contributed by atoms with Crippen molar-refractivity contribution in [1.82, 2.24) is 10.6 Å². The first-order valence-corrected chi connectivity index (χ1v) is 10.0. The normalized spacial score (nSPS) is 14.0. The lowest BCUT2D eigenvalue weighted by Crippen LogP contribution is -2.45. The lowest BCUT2D eigenvalue weighted by Gasteiger charge is -2.13. The third-order valence-corrected chi connectivity index (χ3v) is 4.81. The summed E-state index contributed by atoms with van der Waals surface area (Å²) in [6.07, 6.45) is 0.603. The topological polar surface area (TPSA) is 107 Å². The third-order valence-electron chi connectivity index (χ3n) is 4.81. The van der Waals surface area contributed by atoms with Crippen molar-refractivity contribution in [2.24, 2.45) is 0 Å². The van der Waals surface area contributed by atoms with Crippen molar-refractivity contribution in [3.63, 3.8) is 0 Å². The molecule has 2 N–H and O–H groups in total. The van der Waals surface area contributed by atoms with Gasteiger partial charge in [-0.2, -0.15) is 0 Å². The fourth-order valence-corrected chi connectivity index (χ4v) is 3.01. The van der Waals surface area contributed by atoms with Crippen LogP contribution in [0.25, 0.3) is 11.0 Å². The molecule has 0 radical (unpaired) electrons. The molecule has 1 heterocycles. The van der Waals surface area contributed by atoms with E-state index in [1.807, 2.05) is 30.3 Å². The van der Waals surface area contributed by atoms with E-state index in [9.17, 15) is 14.4 Å². The predicted octanol–water partition coefficient (Wildman–Crippen LogP) is 3.55. The number of benzene rings is 2. The largest absolute Gasteiger partial charge is 0.489 e. The van der Waals surface area contributed by atoms with Crippen LogP contribution in [-0.2, 0) is 16.1 Å². The number of hydrogen-bond acceptors (Lipinski definition) is 6. The zero-order valence-electron chi connectivity index (χ0n) is 16.9. The van der Waals surface area contributed by atoms with Crippen LogP contribution in [0.1, 0.15) is 35.9 Å². The Morgan fingerprint density at radius 1 is 1.06 bits per heavy atom. The Morgan fingerprint density at radius 2 is 1.77 bits per heavy atom. The van der Waals surface area contributed by atoms with Crippen LogP contribution in [0.4, 0.5) is 4.79 Å². The molecule has 0 spiro atoms. The van der Waals surface area contributed by atoms with Crippen LogP contribution in [0, 0.1) is 0 Å². The van der Waals surface area contributed by atoms with Crippen molar-refractivity contribution in [2.45, 2.75) is 38.5 Å². The molecule has 1 aliphatic rings. The molecular formula is C23H22N2O6. The quantitative estimate of drug-likeness (QED) is 0.564. The Morgan fingerprint density at radius 3 is 2.52 bits per heavy atom. The summed E-state index contributed by atoms with van der Waals surface area (Å²) in [6, 6.07) is 15.8. The van der Waals surface area contributed by atoms with Gasteiger partial charge in [-0.15, -0.1) is 0 Å². The number of carbonyl (C=O) groups excluding carboxylic acids is 3. The van der Waals surface area contributed by atoms with Crippen LogP contribution in [0.5, 0.6) is 5.75 Å². The van der Waals surface area contributed by atoms with Crippen molar-refractivity contribution in [3.8, 4) is 5.75 Å². The van der Waals surface area contributed by atoms with E-state index in [-0.39, 0.29) is 18.4 Å². The lowest BCUT2D eigenvalue weighted by atomic mass is 10.1. The van der Waals surface area contributed by atoms with Crippen LogP contribution in [-0.4, -0.2) is 30.1 Å². The molecule has 0 bridgehead atoms. The van der Waals surface area contributed by atoms with Gasteiger partial charge >= 0.3 is 12.0 Å². The Bertz CT molecular complexity index is 1100. The summed E-state index contributed by atoms with van der Waals surface area (Å²) in [6.45, 7) is 1.47. The third kappa shape index (κ3) is 5.03. The highest BCUT2D eigenvalue weighted by Crippen LogP contribution is 2.28. The smallest absolute Gasteiger partial charge is 0.375 e. The number of imide groups is 1. The van der Waals surface area contributed by atoms with Gasteiger partial charge in [-0.3, -0.25) is 10.1 Å². The minimum absolute atomic E-state index is 0.0424. The molecule has 0 saturated heterocycles. The summed E-state index contributed by atoms with van der Waals surface area (Å²) in [5.41, 5.74) is 1.02. The van der Waals surface area contributed by atoms with Gasteiger partial charge in [0.05, 0.1) is 5.56 Å². The number of ether oxygens (including phenoxy) is 2.